The number of anilines is 1. The first-order valence-electron chi connectivity index (χ1n) is 7.18. The fourth-order valence-corrected chi connectivity index (χ4v) is 2.55. The van der Waals surface area contributed by atoms with Gasteiger partial charge in [0.05, 0.1) is 11.5 Å². The van der Waals surface area contributed by atoms with E-state index in [1.165, 1.54) is 18.4 Å². The Kier molecular flexibility index (Phi) is 7.14. The Bertz CT molecular complexity index is 510. The average Bonchev–Trinajstić information content (AvgIpc) is 2.42. The molecule has 1 rings (SSSR count). The lowest BCUT2D eigenvalue weighted by atomic mass is 10.1. The second-order valence-electron chi connectivity index (χ2n) is 5.53. The molecule has 120 valence electrons. The predicted octanol–water partition coefficient (Wildman–Crippen LogP) is 2.41. The Labute approximate surface area is 128 Å². The zero-order chi connectivity index (χ0) is 15.9. The van der Waals surface area contributed by atoms with Crippen LogP contribution in [0.1, 0.15) is 20.3 Å². The van der Waals surface area contributed by atoms with E-state index in [4.69, 9.17) is 4.74 Å². The highest BCUT2D eigenvalue weighted by atomic mass is 32.2. The summed E-state index contributed by atoms with van der Waals surface area (Å²) in [7, 11) is -0.306. The number of ether oxygens (including phenoxy) is 1. The maximum atomic E-state index is 11.9. The fourth-order valence-electron chi connectivity index (χ4n) is 1.64. The van der Waals surface area contributed by atoms with Gasteiger partial charge in [-0.2, -0.15) is 0 Å². The normalized spacial score (nSPS) is 12.1. The molecule has 0 saturated carbocycles. The van der Waals surface area contributed by atoms with Gasteiger partial charge >= 0.3 is 0 Å². The molecule has 0 bridgehead atoms. The van der Waals surface area contributed by atoms with Gasteiger partial charge in [-0.15, -0.1) is 0 Å². The molecule has 0 spiro atoms. The van der Waals surface area contributed by atoms with Crippen molar-refractivity contribution in [3.8, 4) is 0 Å². The van der Waals surface area contributed by atoms with Crippen LogP contribution in [-0.4, -0.2) is 46.6 Å². The highest BCUT2D eigenvalue weighted by Gasteiger charge is 2.16. The van der Waals surface area contributed by atoms with Crippen molar-refractivity contribution in [3.05, 3.63) is 24.3 Å². The fraction of sp³-hybridized carbons (Fsp3) is 0.600. The largest absolute Gasteiger partial charge is 0.383 e. The number of benzene rings is 1. The Hall–Kier alpha value is -1.11. The van der Waals surface area contributed by atoms with Crippen LogP contribution in [0.3, 0.4) is 0 Å². The molecule has 5 nitrogen and oxygen atoms in total. The van der Waals surface area contributed by atoms with Crippen LogP contribution in [0.15, 0.2) is 29.2 Å². The summed E-state index contributed by atoms with van der Waals surface area (Å²) in [5.41, 5.74) is 0.889. The summed E-state index contributed by atoms with van der Waals surface area (Å²) in [6.45, 7) is 6.47. The molecule has 0 aliphatic rings. The third-order valence-electron chi connectivity index (χ3n) is 3.05. The van der Waals surface area contributed by atoms with Crippen molar-refractivity contribution >= 4 is 15.7 Å². The highest BCUT2D eigenvalue weighted by Crippen LogP contribution is 2.16. The van der Waals surface area contributed by atoms with Gasteiger partial charge in [0, 0.05) is 32.9 Å². The van der Waals surface area contributed by atoms with Crippen molar-refractivity contribution < 1.29 is 13.2 Å². The van der Waals surface area contributed by atoms with Crippen LogP contribution in [0.2, 0.25) is 0 Å². The molecule has 21 heavy (non-hydrogen) atoms. The topological polar surface area (TPSA) is 58.6 Å². The first-order chi connectivity index (χ1) is 9.84. The van der Waals surface area contributed by atoms with Gasteiger partial charge in [-0.25, -0.2) is 12.7 Å². The maximum Gasteiger partial charge on any atom is 0.242 e. The van der Waals surface area contributed by atoms with E-state index in [9.17, 15) is 8.42 Å². The molecule has 0 unspecified atom stereocenters. The zero-order valence-electron chi connectivity index (χ0n) is 13.3. The number of rotatable bonds is 9. The van der Waals surface area contributed by atoms with E-state index in [1.807, 2.05) is 0 Å². The highest BCUT2D eigenvalue weighted by molar-refractivity contribution is 7.89. The maximum absolute atomic E-state index is 11.9. The molecule has 0 atom stereocenters. The molecule has 0 aromatic heterocycles. The smallest absolute Gasteiger partial charge is 0.242 e. The van der Waals surface area contributed by atoms with Crippen molar-refractivity contribution in [2.24, 2.45) is 5.92 Å². The molecule has 6 heteroatoms. The van der Waals surface area contributed by atoms with E-state index in [-0.39, 0.29) is 0 Å². The van der Waals surface area contributed by atoms with E-state index in [0.717, 1.165) is 18.7 Å². The number of nitrogens with zero attached hydrogens (tertiary/aromatic N) is 1. The molecule has 0 fully saturated rings. The summed E-state index contributed by atoms with van der Waals surface area (Å²) in [5, 5.41) is 3.21. The average molecular weight is 314 g/mol. The third kappa shape index (κ3) is 6.03. The number of nitrogens with one attached hydrogen (secondary N) is 1. The molecular weight excluding hydrogens is 288 g/mol. The molecule has 1 N–H and O–H groups in total. The van der Waals surface area contributed by atoms with Crippen LogP contribution in [0, 0.1) is 5.92 Å². The Balaban J connectivity index is 2.39. The van der Waals surface area contributed by atoms with E-state index < -0.39 is 10.0 Å². The van der Waals surface area contributed by atoms with E-state index >= 15 is 0 Å². The van der Waals surface area contributed by atoms with Gasteiger partial charge < -0.3 is 10.1 Å². The second-order valence-corrected chi connectivity index (χ2v) is 7.69. The van der Waals surface area contributed by atoms with Crippen molar-refractivity contribution in [2.75, 3.05) is 39.2 Å². The van der Waals surface area contributed by atoms with Crippen LogP contribution in [0.25, 0.3) is 0 Å². The van der Waals surface area contributed by atoms with E-state index in [0.29, 0.717) is 24.0 Å². The Morgan fingerprint density at radius 2 is 1.76 bits per heavy atom. The minimum absolute atomic E-state index is 0.297. The molecule has 0 aliphatic heterocycles. The molecule has 0 amide bonds. The molecule has 0 heterocycles. The zero-order valence-corrected chi connectivity index (χ0v) is 14.1. The van der Waals surface area contributed by atoms with Crippen LogP contribution in [0.4, 0.5) is 5.69 Å². The summed E-state index contributed by atoms with van der Waals surface area (Å²) in [4.78, 5) is 0.297. The quantitative estimate of drug-likeness (QED) is 0.711. The lowest BCUT2D eigenvalue weighted by Gasteiger charge is -2.12. The first-order valence-corrected chi connectivity index (χ1v) is 8.62. The molecule has 0 saturated heterocycles. The molecule has 1 aromatic carbocycles. The standard InChI is InChI=1S/C15H26N2O3S/c1-13(2)9-11-20-12-10-16-14-5-7-15(8-6-14)21(18,19)17(3)4/h5-8,13,16H,9-12H2,1-4H3. The molecule has 0 radical (unpaired) electrons. The Morgan fingerprint density at radius 1 is 1.14 bits per heavy atom. The van der Waals surface area contributed by atoms with Gasteiger partial charge in [0.15, 0.2) is 0 Å². The molecular formula is C15H26N2O3S. The first kappa shape index (κ1) is 17.9. The molecule has 0 aliphatic carbocycles. The van der Waals surface area contributed by atoms with Crippen LogP contribution in [-0.2, 0) is 14.8 Å². The van der Waals surface area contributed by atoms with Gasteiger partial charge in [-0.3, -0.25) is 0 Å². The van der Waals surface area contributed by atoms with Crippen LogP contribution >= 0.6 is 0 Å². The van der Waals surface area contributed by atoms with Crippen molar-refractivity contribution in [1.29, 1.82) is 0 Å². The lowest BCUT2D eigenvalue weighted by Crippen LogP contribution is -2.22. The summed E-state index contributed by atoms with van der Waals surface area (Å²) < 4.78 is 30.5. The summed E-state index contributed by atoms with van der Waals surface area (Å²) in [6.07, 6.45) is 1.07. The van der Waals surface area contributed by atoms with Gasteiger partial charge in [-0.05, 0) is 36.6 Å². The SMILES string of the molecule is CC(C)CCOCCNc1ccc(S(=O)(=O)N(C)C)cc1. The van der Waals surface area contributed by atoms with Crippen molar-refractivity contribution in [3.63, 3.8) is 0 Å². The van der Waals surface area contributed by atoms with Gasteiger partial charge in [0.25, 0.3) is 0 Å². The van der Waals surface area contributed by atoms with Crippen molar-refractivity contribution in [1.82, 2.24) is 4.31 Å². The minimum Gasteiger partial charge on any atom is -0.383 e. The monoisotopic (exact) mass is 314 g/mol. The third-order valence-corrected chi connectivity index (χ3v) is 4.88. The van der Waals surface area contributed by atoms with E-state index in [1.54, 1.807) is 24.3 Å². The lowest BCUT2D eigenvalue weighted by molar-refractivity contribution is 0.132. The minimum atomic E-state index is -3.35. The predicted molar refractivity (Wildman–Crippen MR) is 86.1 cm³/mol. The number of hydrogen-bond donors (Lipinski definition) is 1. The van der Waals surface area contributed by atoms with E-state index in [2.05, 4.69) is 19.2 Å². The number of sulfonamides is 1. The van der Waals surface area contributed by atoms with Gasteiger partial charge in [0.1, 0.15) is 0 Å². The van der Waals surface area contributed by atoms with Crippen LogP contribution in [0.5, 0.6) is 0 Å². The molecule has 1 aromatic rings. The van der Waals surface area contributed by atoms with Crippen molar-refractivity contribution in [2.45, 2.75) is 25.2 Å². The summed E-state index contributed by atoms with van der Waals surface area (Å²) in [6, 6.07) is 6.75. The second kappa shape index (κ2) is 8.36. The van der Waals surface area contributed by atoms with Crippen LogP contribution < -0.4 is 5.32 Å². The Morgan fingerprint density at radius 3 is 2.29 bits per heavy atom. The summed E-state index contributed by atoms with van der Waals surface area (Å²) in [5.74, 6) is 0.657. The summed E-state index contributed by atoms with van der Waals surface area (Å²) >= 11 is 0. The van der Waals surface area contributed by atoms with Gasteiger partial charge in [0.2, 0.25) is 10.0 Å². The van der Waals surface area contributed by atoms with Gasteiger partial charge in [-0.1, -0.05) is 13.8 Å². The number of hydrogen-bond acceptors (Lipinski definition) is 4.